The summed E-state index contributed by atoms with van der Waals surface area (Å²) < 4.78 is 7.31. The molecule has 0 aliphatic carbocycles. The van der Waals surface area contributed by atoms with Gasteiger partial charge in [-0.05, 0) is 31.5 Å². The maximum atomic E-state index is 5.36. The van der Waals surface area contributed by atoms with Crippen molar-refractivity contribution in [1.29, 1.82) is 0 Å². The lowest BCUT2D eigenvalue weighted by atomic mass is 10.1. The lowest BCUT2D eigenvalue weighted by Crippen LogP contribution is -2.26. The van der Waals surface area contributed by atoms with Crippen molar-refractivity contribution < 1.29 is 4.42 Å². The Morgan fingerprint density at radius 3 is 2.90 bits per heavy atom. The summed E-state index contributed by atoms with van der Waals surface area (Å²) in [4.78, 5) is 0. The van der Waals surface area contributed by atoms with Gasteiger partial charge in [-0.15, -0.1) is 0 Å². The predicted octanol–water partition coefficient (Wildman–Crippen LogP) is 3.28. The van der Waals surface area contributed by atoms with Crippen LogP contribution in [-0.2, 0) is 20.0 Å². The molecule has 110 valence electrons. The fourth-order valence-corrected chi connectivity index (χ4v) is 2.61. The van der Waals surface area contributed by atoms with Gasteiger partial charge in [-0.2, -0.15) is 5.10 Å². The van der Waals surface area contributed by atoms with Gasteiger partial charge in [0.15, 0.2) is 0 Å². The van der Waals surface area contributed by atoms with E-state index in [0.29, 0.717) is 6.04 Å². The second-order valence-electron chi connectivity index (χ2n) is 5.49. The number of hydrogen-bond donors (Lipinski definition) is 1. The van der Waals surface area contributed by atoms with Gasteiger partial charge in [0.05, 0.1) is 17.5 Å². The highest BCUT2D eigenvalue weighted by Gasteiger charge is 2.09. The van der Waals surface area contributed by atoms with E-state index in [1.165, 1.54) is 10.9 Å². The Labute approximate surface area is 124 Å². The molecule has 0 aliphatic rings. The maximum absolute atomic E-state index is 5.36. The van der Waals surface area contributed by atoms with Gasteiger partial charge in [-0.1, -0.05) is 18.2 Å². The van der Waals surface area contributed by atoms with Crippen LogP contribution in [0.4, 0.5) is 0 Å². The van der Waals surface area contributed by atoms with Crippen LogP contribution in [0.15, 0.2) is 47.1 Å². The van der Waals surface area contributed by atoms with Crippen LogP contribution < -0.4 is 5.32 Å². The van der Waals surface area contributed by atoms with Gasteiger partial charge in [-0.3, -0.25) is 4.68 Å². The molecule has 0 bridgehead atoms. The summed E-state index contributed by atoms with van der Waals surface area (Å²) in [6, 6.07) is 12.7. The highest BCUT2D eigenvalue weighted by molar-refractivity contribution is 5.81. The molecule has 0 aliphatic heterocycles. The number of benzene rings is 1. The van der Waals surface area contributed by atoms with E-state index in [1.54, 1.807) is 6.26 Å². The highest BCUT2D eigenvalue weighted by atomic mass is 16.3. The zero-order chi connectivity index (χ0) is 14.7. The van der Waals surface area contributed by atoms with Crippen LogP contribution in [-0.4, -0.2) is 15.8 Å². The average molecular weight is 283 g/mol. The topological polar surface area (TPSA) is 43.0 Å². The molecule has 21 heavy (non-hydrogen) atoms. The smallest absolute Gasteiger partial charge is 0.103 e. The minimum Gasteiger partial charge on any atom is -0.469 e. The van der Waals surface area contributed by atoms with Crippen LogP contribution in [0.3, 0.4) is 0 Å². The number of hydrogen-bond acceptors (Lipinski definition) is 3. The highest BCUT2D eigenvalue weighted by Crippen LogP contribution is 2.17. The van der Waals surface area contributed by atoms with Crippen molar-refractivity contribution in [2.75, 3.05) is 0 Å². The Kier molecular flexibility index (Phi) is 4.06. The molecule has 0 spiro atoms. The molecule has 3 rings (SSSR count). The fraction of sp³-hybridized carbons (Fsp3) is 0.353. The number of nitrogens with zero attached hydrogens (tertiary/aromatic N) is 2. The van der Waals surface area contributed by atoms with Gasteiger partial charge >= 0.3 is 0 Å². The first kappa shape index (κ1) is 13.9. The van der Waals surface area contributed by atoms with E-state index in [1.807, 2.05) is 29.9 Å². The Hall–Kier alpha value is -2.07. The Morgan fingerprint density at radius 2 is 2.10 bits per heavy atom. The van der Waals surface area contributed by atoms with E-state index in [4.69, 9.17) is 4.42 Å². The van der Waals surface area contributed by atoms with Gasteiger partial charge in [0.1, 0.15) is 5.76 Å². The minimum atomic E-state index is 0.427. The molecule has 0 saturated heterocycles. The standard InChI is InChI=1S/C17H21N3O/c1-13(9-10-14-6-5-11-21-14)18-12-16-15-7-3-4-8-17(15)20(2)19-16/h3-8,11,13,18H,9-10,12H2,1-2H3. The van der Waals surface area contributed by atoms with Crippen LogP contribution in [0, 0.1) is 0 Å². The predicted molar refractivity (Wildman–Crippen MR) is 84.0 cm³/mol. The third-order valence-electron chi connectivity index (χ3n) is 3.86. The molecule has 0 amide bonds. The second kappa shape index (κ2) is 6.14. The Balaban J connectivity index is 1.58. The number of aromatic nitrogens is 2. The lowest BCUT2D eigenvalue weighted by Gasteiger charge is -2.12. The van der Waals surface area contributed by atoms with Gasteiger partial charge in [0.2, 0.25) is 0 Å². The van der Waals surface area contributed by atoms with Crippen molar-refractivity contribution in [3.63, 3.8) is 0 Å². The van der Waals surface area contributed by atoms with Crippen LogP contribution in [0.2, 0.25) is 0 Å². The van der Waals surface area contributed by atoms with Gasteiger partial charge < -0.3 is 9.73 Å². The number of nitrogens with one attached hydrogen (secondary N) is 1. The summed E-state index contributed by atoms with van der Waals surface area (Å²) in [5.74, 6) is 1.05. The summed E-state index contributed by atoms with van der Waals surface area (Å²) >= 11 is 0. The molecule has 1 N–H and O–H groups in total. The summed E-state index contributed by atoms with van der Waals surface area (Å²) in [6.07, 6.45) is 3.75. The Morgan fingerprint density at radius 1 is 1.24 bits per heavy atom. The van der Waals surface area contributed by atoms with E-state index in [9.17, 15) is 0 Å². The largest absolute Gasteiger partial charge is 0.469 e. The first-order valence-electron chi connectivity index (χ1n) is 7.40. The van der Waals surface area contributed by atoms with Gasteiger partial charge in [-0.25, -0.2) is 0 Å². The normalized spacial score (nSPS) is 12.9. The summed E-state index contributed by atoms with van der Waals surface area (Å²) in [5, 5.41) is 9.38. The van der Waals surface area contributed by atoms with Crippen LogP contribution >= 0.6 is 0 Å². The molecule has 4 nitrogen and oxygen atoms in total. The molecular formula is C17H21N3O. The maximum Gasteiger partial charge on any atom is 0.103 e. The summed E-state index contributed by atoms with van der Waals surface area (Å²) in [5.41, 5.74) is 2.29. The van der Waals surface area contributed by atoms with Crippen molar-refractivity contribution in [2.24, 2.45) is 7.05 Å². The molecule has 0 fully saturated rings. The number of para-hydroxylation sites is 1. The molecule has 0 radical (unpaired) electrons. The monoisotopic (exact) mass is 283 g/mol. The quantitative estimate of drug-likeness (QED) is 0.755. The molecule has 1 unspecified atom stereocenters. The van der Waals surface area contributed by atoms with E-state index in [0.717, 1.165) is 30.8 Å². The zero-order valence-corrected chi connectivity index (χ0v) is 12.5. The van der Waals surface area contributed by atoms with Crippen LogP contribution in [0.1, 0.15) is 24.8 Å². The van der Waals surface area contributed by atoms with Crippen molar-refractivity contribution in [1.82, 2.24) is 15.1 Å². The molecule has 3 aromatic rings. The average Bonchev–Trinajstić information content (AvgIpc) is 3.12. The fourth-order valence-electron chi connectivity index (χ4n) is 2.61. The van der Waals surface area contributed by atoms with E-state index in [-0.39, 0.29) is 0 Å². The number of fused-ring (bicyclic) bond motifs is 1. The first-order valence-corrected chi connectivity index (χ1v) is 7.40. The van der Waals surface area contributed by atoms with Crippen molar-refractivity contribution in [3.05, 3.63) is 54.1 Å². The molecule has 2 heterocycles. The third-order valence-corrected chi connectivity index (χ3v) is 3.86. The molecular weight excluding hydrogens is 262 g/mol. The van der Waals surface area contributed by atoms with E-state index < -0.39 is 0 Å². The first-order chi connectivity index (χ1) is 10.2. The third kappa shape index (κ3) is 3.16. The summed E-state index contributed by atoms with van der Waals surface area (Å²) in [6.45, 7) is 2.99. The molecule has 0 saturated carbocycles. The molecule has 4 heteroatoms. The SMILES string of the molecule is CC(CCc1ccco1)NCc1nn(C)c2ccccc12. The van der Waals surface area contributed by atoms with E-state index in [2.05, 4.69) is 35.5 Å². The lowest BCUT2D eigenvalue weighted by molar-refractivity contribution is 0.458. The molecule has 2 aromatic heterocycles. The van der Waals surface area contributed by atoms with Gasteiger partial charge in [0, 0.05) is 31.4 Å². The van der Waals surface area contributed by atoms with Crippen molar-refractivity contribution in [3.8, 4) is 0 Å². The van der Waals surface area contributed by atoms with Crippen molar-refractivity contribution in [2.45, 2.75) is 32.4 Å². The van der Waals surface area contributed by atoms with Crippen LogP contribution in [0.25, 0.3) is 10.9 Å². The van der Waals surface area contributed by atoms with Crippen molar-refractivity contribution >= 4 is 10.9 Å². The molecule has 1 atom stereocenters. The summed E-state index contributed by atoms with van der Waals surface area (Å²) in [7, 11) is 1.99. The number of rotatable bonds is 6. The minimum absolute atomic E-state index is 0.427. The van der Waals surface area contributed by atoms with E-state index >= 15 is 0 Å². The number of furan rings is 1. The zero-order valence-electron chi connectivity index (χ0n) is 12.5. The van der Waals surface area contributed by atoms with Gasteiger partial charge in [0.25, 0.3) is 0 Å². The Bertz CT molecular complexity index is 700. The molecule has 1 aromatic carbocycles. The number of aryl methyl sites for hydroxylation is 2. The second-order valence-corrected chi connectivity index (χ2v) is 5.49. The van der Waals surface area contributed by atoms with Crippen LogP contribution in [0.5, 0.6) is 0 Å².